The van der Waals surface area contributed by atoms with Crippen molar-refractivity contribution >= 4 is 11.6 Å². The van der Waals surface area contributed by atoms with Crippen LogP contribution < -0.4 is 10.1 Å². The summed E-state index contributed by atoms with van der Waals surface area (Å²) in [6, 6.07) is 3.52. The van der Waals surface area contributed by atoms with Crippen LogP contribution in [0.2, 0.25) is 0 Å². The van der Waals surface area contributed by atoms with Gasteiger partial charge < -0.3 is 10.1 Å². The van der Waals surface area contributed by atoms with Crippen LogP contribution in [0.4, 0.5) is 45.2 Å². The number of para-hydroxylation sites is 2. The number of hydrogen-bond acceptors (Lipinski definition) is 2. The minimum absolute atomic E-state index is 0.692. The van der Waals surface area contributed by atoms with Crippen LogP contribution in [-0.4, -0.2) is 30.5 Å². The van der Waals surface area contributed by atoms with Crippen LogP contribution in [0.3, 0.4) is 0 Å². The van der Waals surface area contributed by atoms with E-state index in [4.69, 9.17) is 0 Å². The molecular formula is C11H6F9NO2. The van der Waals surface area contributed by atoms with Crippen molar-refractivity contribution in [1.29, 1.82) is 0 Å². The van der Waals surface area contributed by atoms with Crippen LogP contribution in [0.15, 0.2) is 24.3 Å². The SMILES string of the molecule is O=C(Nc1ccccc1OC(F)F)C(F)(F)C(F)(F)C(F)(F)F. The van der Waals surface area contributed by atoms with Crippen molar-refractivity contribution in [3.05, 3.63) is 24.3 Å². The largest absolute Gasteiger partial charge is 0.460 e. The summed E-state index contributed by atoms with van der Waals surface area (Å²) < 4.78 is 115. The molecule has 0 bridgehead atoms. The van der Waals surface area contributed by atoms with E-state index in [1.165, 1.54) is 0 Å². The molecule has 1 rings (SSSR count). The molecule has 0 radical (unpaired) electrons. The van der Waals surface area contributed by atoms with Gasteiger partial charge in [0.2, 0.25) is 0 Å². The predicted molar refractivity (Wildman–Crippen MR) is 57.7 cm³/mol. The molecule has 130 valence electrons. The van der Waals surface area contributed by atoms with Gasteiger partial charge in [-0.3, -0.25) is 4.79 Å². The van der Waals surface area contributed by atoms with Crippen LogP contribution in [0.1, 0.15) is 0 Å². The van der Waals surface area contributed by atoms with Crippen LogP contribution >= 0.6 is 0 Å². The number of carbonyl (C=O) groups is 1. The Morgan fingerprint density at radius 2 is 1.52 bits per heavy atom. The molecule has 0 aliphatic carbocycles. The minimum atomic E-state index is -6.70. The molecule has 0 saturated carbocycles. The number of halogens is 9. The van der Waals surface area contributed by atoms with Crippen molar-refractivity contribution in [3.8, 4) is 5.75 Å². The van der Waals surface area contributed by atoms with E-state index in [0.717, 1.165) is 23.5 Å². The highest BCUT2D eigenvalue weighted by Crippen LogP contribution is 2.47. The number of anilines is 1. The third-order valence-electron chi connectivity index (χ3n) is 2.39. The van der Waals surface area contributed by atoms with Gasteiger partial charge >= 0.3 is 30.5 Å². The van der Waals surface area contributed by atoms with Crippen molar-refractivity contribution in [2.75, 3.05) is 5.32 Å². The molecule has 0 spiro atoms. The van der Waals surface area contributed by atoms with E-state index in [0.29, 0.717) is 6.07 Å². The lowest BCUT2D eigenvalue weighted by molar-refractivity contribution is -0.343. The van der Waals surface area contributed by atoms with Crippen molar-refractivity contribution in [1.82, 2.24) is 0 Å². The Labute approximate surface area is 122 Å². The second-order valence-electron chi connectivity index (χ2n) is 3.98. The van der Waals surface area contributed by atoms with Gasteiger partial charge in [0.25, 0.3) is 0 Å². The molecule has 0 saturated heterocycles. The first-order valence-corrected chi connectivity index (χ1v) is 5.48. The number of carbonyl (C=O) groups excluding carboxylic acids is 1. The van der Waals surface area contributed by atoms with Gasteiger partial charge in [0.05, 0.1) is 5.69 Å². The van der Waals surface area contributed by atoms with Crippen LogP contribution in [0, 0.1) is 0 Å². The van der Waals surface area contributed by atoms with Gasteiger partial charge in [-0.25, -0.2) is 0 Å². The Morgan fingerprint density at radius 1 is 1.00 bits per heavy atom. The number of ether oxygens (including phenoxy) is 1. The highest BCUT2D eigenvalue weighted by Gasteiger charge is 2.76. The summed E-state index contributed by atoms with van der Waals surface area (Å²) in [5.41, 5.74) is -0.935. The van der Waals surface area contributed by atoms with Gasteiger partial charge in [0.1, 0.15) is 5.75 Å². The summed E-state index contributed by atoms with van der Waals surface area (Å²) in [5.74, 6) is -16.8. The molecule has 0 aromatic heterocycles. The van der Waals surface area contributed by atoms with E-state index in [2.05, 4.69) is 4.74 Å². The first-order chi connectivity index (χ1) is 10.3. The Morgan fingerprint density at radius 3 is 2.00 bits per heavy atom. The first-order valence-electron chi connectivity index (χ1n) is 5.48. The van der Waals surface area contributed by atoms with Gasteiger partial charge in [-0.05, 0) is 12.1 Å². The van der Waals surface area contributed by atoms with E-state index in [1.807, 2.05) is 0 Å². The predicted octanol–water partition coefficient (Wildman–Crippen LogP) is 4.06. The zero-order valence-corrected chi connectivity index (χ0v) is 10.6. The first kappa shape index (κ1) is 18.9. The summed E-state index contributed by atoms with van der Waals surface area (Å²) in [4.78, 5) is 11.1. The summed E-state index contributed by atoms with van der Waals surface area (Å²) in [6.07, 6.45) is -6.70. The summed E-state index contributed by atoms with van der Waals surface area (Å²) >= 11 is 0. The fourth-order valence-corrected chi connectivity index (χ4v) is 1.29. The summed E-state index contributed by atoms with van der Waals surface area (Å²) in [6.45, 7) is -3.45. The third-order valence-corrected chi connectivity index (χ3v) is 2.39. The van der Waals surface area contributed by atoms with E-state index >= 15 is 0 Å². The fraction of sp³-hybridized carbons (Fsp3) is 0.364. The zero-order valence-electron chi connectivity index (χ0n) is 10.6. The molecule has 0 aliphatic heterocycles. The van der Waals surface area contributed by atoms with Gasteiger partial charge in [-0.15, -0.1) is 0 Å². The van der Waals surface area contributed by atoms with E-state index in [9.17, 15) is 44.3 Å². The smallest absolute Gasteiger partial charge is 0.433 e. The molecule has 0 fully saturated rings. The van der Waals surface area contributed by atoms with Gasteiger partial charge in [-0.2, -0.15) is 39.5 Å². The van der Waals surface area contributed by atoms with Crippen molar-refractivity contribution in [2.24, 2.45) is 0 Å². The molecule has 0 heterocycles. The average Bonchev–Trinajstić information content (AvgIpc) is 2.38. The Kier molecular flexibility index (Phi) is 5.07. The zero-order chi connectivity index (χ0) is 18.1. The van der Waals surface area contributed by atoms with Crippen molar-refractivity contribution in [2.45, 2.75) is 24.6 Å². The molecule has 12 heteroatoms. The molecule has 1 aromatic carbocycles. The Bertz CT molecular complexity index is 571. The van der Waals surface area contributed by atoms with E-state index in [1.54, 1.807) is 0 Å². The number of amides is 1. The molecule has 0 unspecified atom stereocenters. The van der Waals surface area contributed by atoms with Crippen molar-refractivity contribution in [3.63, 3.8) is 0 Å². The summed E-state index contributed by atoms with van der Waals surface area (Å²) in [5, 5.41) is 1.01. The third kappa shape index (κ3) is 3.79. The lowest BCUT2D eigenvalue weighted by Crippen LogP contribution is -2.57. The van der Waals surface area contributed by atoms with Gasteiger partial charge in [-0.1, -0.05) is 12.1 Å². The molecule has 23 heavy (non-hydrogen) atoms. The Hall–Kier alpha value is -2.14. The van der Waals surface area contributed by atoms with Gasteiger partial charge in [0, 0.05) is 0 Å². The number of benzene rings is 1. The minimum Gasteiger partial charge on any atom is -0.433 e. The van der Waals surface area contributed by atoms with Crippen molar-refractivity contribution < 1.29 is 49.0 Å². The number of rotatable bonds is 5. The maximum absolute atomic E-state index is 13.1. The van der Waals surface area contributed by atoms with Crippen LogP contribution in [0.5, 0.6) is 5.75 Å². The Balaban J connectivity index is 3.09. The highest BCUT2D eigenvalue weighted by molar-refractivity contribution is 5.98. The molecule has 1 N–H and O–H groups in total. The average molecular weight is 355 g/mol. The normalized spacial score (nSPS) is 13.1. The molecule has 1 aromatic rings. The second-order valence-corrected chi connectivity index (χ2v) is 3.98. The maximum atomic E-state index is 13.1. The number of alkyl halides is 9. The topological polar surface area (TPSA) is 38.3 Å². The molecule has 3 nitrogen and oxygen atoms in total. The van der Waals surface area contributed by atoms with E-state index in [-0.39, 0.29) is 0 Å². The van der Waals surface area contributed by atoms with Crippen LogP contribution in [-0.2, 0) is 4.79 Å². The monoisotopic (exact) mass is 355 g/mol. The number of hydrogen-bond donors (Lipinski definition) is 1. The lowest BCUT2D eigenvalue weighted by atomic mass is 10.1. The standard InChI is InChI=1S/C11H6F9NO2/c12-8(13)23-6-4-2-1-3-5(6)21-7(22)9(14,15)10(16,17)11(18,19)20/h1-4,8H,(H,21,22). The van der Waals surface area contributed by atoms with E-state index < -0.39 is 42.0 Å². The number of nitrogens with one attached hydrogen (secondary N) is 1. The lowest BCUT2D eigenvalue weighted by Gasteiger charge is -2.27. The van der Waals surface area contributed by atoms with Gasteiger partial charge in [0.15, 0.2) is 0 Å². The second kappa shape index (κ2) is 6.16. The highest BCUT2D eigenvalue weighted by atomic mass is 19.4. The molecular weight excluding hydrogens is 349 g/mol. The molecule has 1 amide bonds. The summed E-state index contributed by atoms with van der Waals surface area (Å²) in [7, 11) is 0. The fourth-order valence-electron chi connectivity index (χ4n) is 1.29. The quantitative estimate of drug-likeness (QED) is 0.809. The van der Waals surface area contributed by atoms with Crippen LogP contribution in [0.25, 0.3) is 0 Å². The molecule has 0 aliphatic rings. The molecule has 0 atom stereocenters. The maximum Gasteiger partial charge on any atom is 0.460 e.